The molecule has 0 aliphatic heterocycles. The number of ketones is 1. The quantitative estimate of drug-likeness (QED) is 0.535. The lowest BCUT2D eigenvalue weighted by Gasteiger charge is -2.09. The van der Waals surface area contributed by atoms with Gasteiger partial charge < -0.3 is 0 Å². The van der Waals surface area contributed by atoms with Crippen molar-refractivity contribution in [2.24, 2.45) is 5.92 Å². The fourth-order valence-electron chi connectivity index (χ4n) is 2.18. The van der Waals surface area contributed by atoms with Crippen LogP contribution in [0.2, 0.25) is 0 Å². The van der Waals surface area contributed by atoms with Gasteiger partial charge in [0.2, 0.25) is 0 Å². The van der Waals surface area contributed by atoms with Crippen LogP contribution in [0.25, 0.3) is 0 Å². The van der Waals surface area contributed by atoms with E-state index in [-0.39, 0.29) is 5.78 Å². The molecule has 2 aliphatic rings. The molecule has 0 saturated heterocycles. The molecule has 0 fully saturated rings. The number of rotatable bonds is 0. The standard InChI is InChI=1S/C11H14O/c1-8-7-11(12)10-6-4-2-3-5-9(8)10/h6-7,9H,2-5H2,1H3. The molecule has 0 aromatic rings. The van der Waals surface area contributed by atoms with Gasteiger partial charge >= 0.3 is 0 Å². The highest BCUT2D eigenvalue weighted by atomic mass is 16.1. The van der Waals surface area contributed by atoms with Gasteiger partial charge in [0.1, 0.15) is 0 Å². The van der Waals surface area contributed by atoms with Crippen molar-refractivity contribution in [1.29, 1.82) is 0 Å². The van der Waals surface area contributed by atoms with Crippen LogP contribution in [0.5, 0.6) is 0 Å². The van der Waals surface area contributed by atoms with E-state index in [0.717, 1.165) is 12.0 Å². The van der Waals surface area contributed by atoms with Crippen LogP contribution in [0.4, 0.5) is 0 Å². The van der Waals surface area contributed by atoms with Gasteiger partial charge in [-0.25, -0.2) is 0 Å². The predicted molar refractivity (Wildman–Crippen MR) is 48.8 cm³/mol. The Morgan fingerprint density at radius 3 is 3.08 bits per heavy atom. The van der Waals surface area contributed by atoms with Gasteiger partial charge in [-0.05, 0) is 32.3 Å². The summed E-state index contributed by atoms with van der Waals surface area (Å²) < 4.78 is 0. The van der Waals surface area contributed by atoms with E-state index < -0.39 is 0 Å². The number of fused-ring (bicyclic) bond motifs is 1. The summed E-state index contributed by atoms with van der Waals surface area (Å²) in [6.45, 7) is 2.08. The molecule has 64 valence electrons. The molecule has 0 amide bonds. The molecule has 0 saturated carbocycles. The van der Waals surface area contributed by atoms with Crippen molar-refractivity contribution in [3.63, 3.8) is 0 Å². The van der Waals surface area contributed by atoms with Gasteiger partial charge in [-0.15, -0.1) is 0 Å². The van der Waals surface area contributed by atoms with E-state index in [1.165, 1.54) is 24.8 Å². The van der Waals surface area contributed by atoms with Crippen molar-refractivity contribution in [2.75, 3.05) is 0 Å². The number of carbonyl (C=O) groups excluding carboxylic acids is 1. The third-order valence-corrected chi connectivity index (χ3v) is 2.88. The Bertz CT molecular complexity index is 271. The minimum atomic E-state index is 0.263. The predicted octanol–water partition coefficient (Wildman–Crippen LogP) is 2.63. The topological polar surface area (TPSA) is 17.1 Å². The van der Waals surface area contributed by atoms with Crippen molar-refractivity contribution < 1.29 is 4.79 Å². The Kier molecular flexibility index (Phi) is 1.87. The van der Waals surface area contributed by atoms with Gasteiger partial charge in [0.05, 0.1) is 0 Å². The van der Waals surface area contributed by atoms with Gasteiger partial charge in [-0.3, -0.25) is 4.79 Å². The molecule has 0 aromatic carbocycles. The number of allylic oxidation sites excluding steroid dienone is 4. The van der Waals surface area contributed by atoms with E-state index in [2.05, 4.69) is 13.0 Å². The van der Waals surface area contributed by atoms with E-state index in [1.54, 1.807) is 0 Å². The molecule has 0 heterocycles. The first-order valence-corrected chi connectivity index (χ1v) is 4.71. The van der Waals surface area contributed by atoms with E-state index in [0.29, 0.717) is 5.92 Å². The maximum atomic E-state index is 11.4. The first kappa shape index (κ1) is 7.78. The molecular weight excluding hydrogens is 148 g/mol. The molecule has 1 nitrogen and oxygen atoms in total. The largest absolute Gasteiger partial charge is 0.290 e. The van der Waals surface area contributed by atoms with Crippen LogP contribution in [0, 0.1) is 5.92 Å². The normalized spacial score (nSPS) is 29.1. The molecule has 0 aromatic heterocycles. The first-order valence-electron chi connectivity index (χ1n) is 4.71. The Balaban J connectivity index is 2.32. The van der Waals surface area contributed by atoms with Gasteiger partial charge in [-0.2, -0.15) is 0 Å². The van der Waals surface area contributed by atoms with Gasteiger partial charge in [0, 0.05) is 11.5 Å². The maximum Gasteiger partial charge on any atom is 0.182 e. The van der Waals surface area contributed by atoms with Crippen LogP contribution < -0.4 is 0 Å². The molecule has 0 bridgehead atoms. The Hall–Kier alpha value is -0.850. The van der Waals surface area contributed by atoms with E-state index in [1.807, 2.05) is 6.08 Å². The number of hydrogen-bond donors (Lipinski definition) is 0. The molecule has 0 spiro atoms. The fourth-order valence-corrected chi connectivity index (χ4v) is 2.18. The van der Waals surface area contributed by atoms with Crippen molar-refractivity contribution in [1.82, 2.24) is 0 Å². The number of hydrogen-bond acceptors (Lipinski definition) is 1. The average Bonchev–Trinajstić information content (AvgIpc) is 2.29. The fraction of sp³-hybridized carbons (Fsp3) is 0.545. The highest BCUT2D eigenvalue weighted by Crippen LogP contribution is 2.35. The zero-order chi connectivity index (χ0) is 8.55. The van der Waals surface area contributed by atoms with Crippen LogP contribution in [0.1, 0.15) is 32.6 Å². The van der Waals surface area contributed by atoms with E-state index >= 15 is 0 Å². The van der Waals surface area contributed by atoms with Crippen LogP contribution in [-0.2, 0) is 4.79 Å². The zero-order valence-electron chi connectivity index (χ0n) is 7.47. The van der Waals surface area contributed by atoms with Crippen molar-refractivity contribution in [3.05, 3.63) is 23.3 Å². The highest BCUT2D eigenvalue weighted by Gasteiger charge is 2.27. The highest BCUT2D eigenvalue weighted by molar-refractivity contribution is 6.08. The van der Waals surface area contributed by atoms with E-state index in [4.69, 9.17) is 0 Å². The second-order valence-corrected chi connectivity index (χ2v) is 3.75. The summed E-state index contributed by atoms with van der Waals surface area (Å²) >= 11 is 0. The average molecular weight is 162 g/mol. The molecule has 0 radical (unpaired) electrons. The molecule has 2 rings (SSSR count). The Morgan fingerprint density at radius 1 is 1.42 bits per heavy atom. The minimum Gasteiger partial charge on any atom is -0.290 e. The minimum absolute atomic E-state index is 0.263. The monoisotopic (exact) mass is 162 g/mol. The van der Waals surface area contributed by atoms with Crippen LogP contribution in [-0.4, -0.2) is 5.78 Å². The first-order chi connectivity index (χ1) is 5.79. The van der Waals surface area contributed by atoms with Crippen molar-refractivity contribution in [2.45, 2.75) is 32.6 Å². The molecule has 1 unspecified atom stereocenters. The van der Waals surface area contributed by atoms with Crippen molar-refractivity contribution >= 4 is 5.78 Å². The molecule has 1 atom stereocenters. The SMILES string of the molecule is CC1=CC(=O)C2=CCCCCC12. The summed E-state index contributed by atoms with van der Waals surface area (Å²) in [5, 5.41) is 0. The van der Waals surface area contributed by atoms with Crippen LogP contribution in [0.3, 0.4) is 0 Å². The van der Waals surface area contributed by atoms with Gasteiger partial charge in [-0.1, -0.05) is 18.1 Å². The lowest BCUT2D eigenvalue weighted by Crippen LogP contribution is -2.02. The Labute approximate surface area is 73.2 Å². The van der Waals surface area contributed by atoms with Gasteiger partial charge in [0.15, 0.2) is 5.78 Å². The molecular formula is C11H14O. The summed E-state index contributed by atoms with van der Waals surface area (Å²) in [4.78, 5) is 11.4. The summed E-state index contributed by atoms with van der Waals surface area (Å²) in [7, 11) is 0. The van der Waals surface area contributed by atoms with Crippen LogP contribution >= 0.6 is 0 Å². The van der Waals surface area contributed by atoms with E-state index in [9.17, 15) is 4.79 Å². The summed E-state index contributed by atoms with van der Waals surface area (Å²) in [6, 6.07) is 0. The molecule has 12 heavy (non-hydrogen) atoms. The second kappa shape index (κ2) is 2.89. The third-order valence-electron chi connectivity index (χ3n) is 2.88. The Morgan fingerprint density at radius 2 is 2.25 bits per heavy atom. The lowest BCUT2D eigenvalue weighted by molar-refractivity contribution is -0.111. The summed E-state index contributed by atoms with van der Waals surface area (Å²) in [5.41, 5.74) is 2.35. The summed E-state index contributed by atoms with van der Waals surface area (Å²) in [6.07, 6.45) is 8.75. The molecule has 0 N–H and O–H groups in total. The van der Waals surface area contributed by atoms with Gasteiger partial charge in [0.25, 0.3) is 0 Å². The van der Waals surface area contributed by atoms with Crippen molar-refractivity contribution in [3.8, 4) is 0 Å². The smallest absolute Gasteiger partial charge is 0.182 e. The zero-order valence-corrected chi connectivity index (χ0v) is 7.47. The maximum absolute atomic E-state index is 11.4. The number of carbonyl (C=O) groups is 1. The van der Waals surface area contributed by atoms with Crippen LogP contribution in [0.15, 0.2) is 23.3 Å². The lowest BCUT2D eigenvalue weighted by atomic mass is 9.94. The second-order valence-electron chi connectivity index (χ2n) is 3.75. The summed E-state index contributed by atoms with van der Waals surface area (Å²) in [5.74, 6) is 0.736. The molecule has 1 heteroatoms. The molecule has 2 aliphatic carbocycles. The third kappa shape index (κ3) is 1.13.